The fraction of sp³-hybridized carbons (Fsp3) is 0.714. The number of hydrogen-bond acceptors (Lipinski definition) is 2. The van der Waals surface area contributed by atoms with Crippen molar-refractivity contribution in [3.05, 3.63) is 0 Å². The van der Waals surface area contributed by atoms with E-state index in [4.69, 9.17) is 5.41 Å². The van der Waals surface area contributed by atoms with E-state index in [1.807, 2.05) is 0 Å². The standard InChI is InChI=1S/C7H10FNO/c1-4(9)7(10)5-2-6(8)3-5/h5-6,9H,2-3H2,1H3. The fourth-order valence-corrected chi connectivity index (χ4v) is 1.07. The van der Waals surface area contributed by atoms with Crippen molar-refractivity contribution < 1.29 is 9.18 Å². The molecule has 3 heteroatoms. The molecule has 0 heterocycles. The van der Waals surface area contributed by atoms with Crippen LogP contribution in [0.3, 0.4) is 0 Å². The Kier molecular flexibility index (Phi) is 1.83. The van der Waals surface area contributed by atoms with Gasteiger partial charge in [0.05, 0.1) is 5.71 Å². The van der Waals surface area contributed by atoms with E-state index < -0.39 is 6.17 Å². The van der Waals surface area contributed by atoms with Gasteiger partial charge < -0.3 is 5.41 Å². The van der Waals surface area contributed by atoms with E-state index in [1.54, 1.807) is 0 Å². The molecule has 0 amide bonds. The summed E-state index contributed by atoms with van der Waals surface area (Å²) in [4.78, 5) is 10.9. The summed E-state index contributed by atoms with van der Waals surface area (Å²) in [5, 5.41) is 6.96. The van der Waals surface area contributed by atoms with Gasteiger partial charge in [-0.2, -0.15) is 0 Å². The van der Waals surface area contributed by atoms with Crippen molar-refractivity contribution in [1.29, 1.82) is 5.41 Å². The lowest BCUT2D eigenvalue weighted by atomic mass is 9.79. The highest BCUT2D eigenvalue weighted by Crippen LogP contribution is 2.30. The Morgan fingerprint density at radius 2 is 2.10 bits per heavy atom. The molecule has 1 rings (SSSR count). The minimum atomic E-state index is -0.798. The Bertz CT molecular complexity index is 172. The average molecular weight is 143 g/mol. The average Bonchev–Trinajstić information content (AvgIpc) is 1.79. The maximum atomic E-state index is 12.2. The minimum absolute atomic E-state index is 0.0527. The van der Waals surface area contributed by atoms with Crippen LogP contribution in [0.15, 0.2) is 0 Å². The van der Waals surface area contributed by atoms with Gasteiger partial charge in [0.1, 0.15) is 6.17 Å². The molecule has 0 aromatic rings. The van der Waals surface area contributed by atoms with E-state index in [-0.39, 0.29) is 17.4 Å². The van der Waals surface area contributed by atoms with Gasteiger partial charge in [-0.05, 0) is 19.8 Å². The predicted octanol–water partition coefficient (Wildman–Crippen LogP) is 1.34. The van der Waals surface area contributed by atoms with Gasteiger partial charge in [0.2, 0.25) is 0 Å². The first-order valence-electron chi connectivity index (χ1n) is 3.34. The third-order valence-corrected chi connectivity index (χ3v) is 1.82. The number of ketones is 1. The highest BCUT2D eigenvalue weighted by molar-refractivity contribution is 6.38. The van der Waals surface area contributed by atoms with E-state index >= 15 is 0 Å². The number of nitrogens with one attached hydrogen (secondary N) is 1. The second kappa shape index (κ2) is 2.48. The number of halogens is 1. The third-order valence-electron chi connectivity index (χ3n) is 1.82. The lowest BCUT2D eigenvalue weighted by Gasteiger charge is -2.27. The van der Waals surface area contributed by atoms with Crippen molar-refractivity contribution in [2.45, 2.75) is 25.9 Å². The van der Waals surface area contributed by atoms with Crippen LogP contribution in [-0.2, 0) is 4.79 Å². The molecular formula is C7H10FNO. The third kappa shape index (κ3) is 1.23. The van der Waals surface area contributed by atoms with Gasteiger partial charge in [0, 0.05) is 5.92 Å². The second-order valence-corrected chi connectivity index (χ2v) is 2.75. The summed E-state index contributed by atoms with van der Waals surface area (Å²) >= 11 is 0. The predicted molar refractivity (Wildman–Crippen MR) is 36.0 cm³/mol. The lowest BCUT2D eigenvalue weighted by Crippen LogP contribution is -2.34. The number of Topliss-reactive ketones (excluding diaryl/α,β-unsaturated/α-hetero) is 1. The summed E-state index contributed by atoms with van der Waals surface area (Å²) in [5.74, 6) is -0.374. The molecule has 0 bridgehead atoms. The molecule has 0 atom stereocenters. The Balaban J connectivity index is 2.38. The molecular weight excluding hydrogens is 133 g/mol. The molecule has 1 N–H and O–H groups in total. The van der Waals surface area contributed by atoms with Crippen LogP contribution in [0.2, 0.25) is 0 Å². The van der Waals surface area contributed by atoms with Crippen molar-refractivity contribution in [2.75, 3.05) is 0 Å². The smallest absolute Gasteiger partial charge is 0.179 e. The maximum absolute atomic E-state index is 12.2. The van der Waals surface area contributed by atoms with Crippen molar-refractivity contribution in [3.8, 4) is 0 Å². The monoisotopic (exact) mass is 143 g/mol. The second-order valence-electron chi connectivity index (χ2n) is 2.75. The van der Waals surface area contributed by atoms with E-state index in [2.05, 4.69) is 0 Å². The van der Waals surface area contributed by atoms with Crippen molar-refractivity contribution in [3.63, 3.8) is 0 Å². The number of alkyl halides is 1. The summed E-state index contributed by atoms with van der Waals surface area (Å²) in [6.45, 7) is 1.45. The van der Waals surface area contributed by atoms with Crippen molar-refractivity contribution in [1.82, 2.24) is 0 Å². The van der Waals surface area contributed by atoms with E-state index in [1.165, 1.54) is 6.92 Å². The van der Waals surface area contributed by atoms with E-state index in [9.17, 15) is 9.18 Å². The normalized spacial score (nSPS) is 31.0. The molecule has 0 radical (unpaired) electrons. The minimum Gasteiger partial charge on any atom is -0.302 e. The summed E-state index contributed by atoms with van der Waals surface area (Å²) in [6.07, 6.45) is -0.141. The van der Waals surface area contributed by atoms with Crippen molar-refractivity contribution in [2.24, 2.45) is 5.92 Å². The first-order valence-corrected chi connectivity index (χ1v) is 3.34. The Morgan fingerprint density at radius 3 is 2.40 bits per heavy atom. The molecule has 0 aliphatic heterocycles. The van der Waals surface area contributed by atoms with Crippen LogP contribution < -0.4 is 0 Å². The number of rotatable bonds is 2. The van der Waals surface area contributed by atoms with Gasteiger partial charge in [0.25, 0.3) is 0 Å². The zero-order valence-corrected chi connectivity index (χ0v) is 5.86. The molecule has 0 saturated heterocycles. The molecule has 56 valence electrons. The van der Waals surface area contributed by atoms with Gasteiger partial charge in [-0.3, -0.25) is 4.79 Å². The van der Waals surface area contributed by atoms with Gasteiger partial charge in [-0.25, -0.2) is 4.39 Å². The van der Waals surface area contributed by atoms with Crippen LogP contribution in [-0.4, -0.2) is 17.7 Å². The molecule has 0 spiro atoms. The zero-order chi connectivity index (χ0) is 7.72. The molecule has 2 nitrogen and oxygen atoms in total. The lowest BCUT2D eigenvalue weighted by molar-refractivity contribution is -0.120. The van der Waals surface area contributed by atoms with Crippen LogP contribution in [0.1, 0.15) is 19.8 Å². The summed E-state index contributed by atoms with van der Waals surface area (Å²) in [5.41, 5.74) is 0.0527. The molecule has 1 aliphatic carbocycles. The van der Waals surface area contributed by atoms with E-state index in [0.717, 1.165) is 0 Å². The molecule has 0 aromatic carbocycles. The molecule has 1 saturated carbocycles. The van der Waals surface area contributed by atoms with Crippen LogP contribution in [0.4, 0.5) is 4.39 Å². The van der Waals surface area contributed by atoms with Gasteiger partial charge >= 0.3 is 0 Å². The Hall–Kier alpha value is -0.730. The maximum Gasteiger partial charge on any atom is 0.179 e. The summed E-state index contributed by atoms with van der Waals surface area (Å²) in [6, 6.07) is 0. The SMILES string of the molecule is CC(=N)C(=O)C1CC(F)C1. The van der Waals surface area contributed by atoms with Crippen molar-refractivity contribution >= 4 is 11.5 Å². The van der Waals surface area contributed by atoms with Gasteiger partial charge in [0.15, 0.2) is 5.78 Å². The zero-order valence-electron chi connectivity index (χ0n) is 5.86. The molecule has 1 fully saturated rings. The van der Waals surface area contributed by atoms with Gasteiger partial charge in [-0.15, -0.1) is 0 Å². The van der Waals surface area contributed by atoms with Crippen LogP contribution in [0.5, 0.6) is 0 Å². The number of hydrogen-bond donors (Lipinski definition) is 1. The first kappa shape index (κ1) is 7.38. The quantitative estimate of drug-likeness (QED) is 0.582. The molecule has 0 aromatic heterocycles. The molecule has 1 aliphatic rings. The highest BCUT2D eigenvalue weighted by atomic mass is 19.1. The molecule has 0 unspecified atom stereocenters. The Morgan fingerprint density at radius 1 is 1.60 bits per heavy atom. The summed E-state index contributed by atoms with van der Waals surface area (Å²) < 4.78 is 12.2. The largest absolute Gasteiger partial charge is 0.302 e. The highest BCUT2D eigenvalue weighted by Gasteiger charge is 2.34. The number of carbonyl (C=O) groups excluding carboxylic acids is 1. The number of carbonyl (C=O) groups is 1. The van der Waals surface area contributed by atoms with Crippen LogP contribution in [0.25, 0.3) is 0 Å². The van der Waals surface area contributed by atoms with Crippen LogP contribution in [0, 0.1) is 11.3 Å². The summed E-state index contributed by atoms with van der Waals surface area (Å²) in [7, 11) is 0. The van der Waals surface area contributed by atoms with E-state index in [0.29, 0.717) is 12.8 Å². The first-order chi connectivity index (χ1) is 4.61. The fourth-order valence-electron chi connectivity index (χ4n) is 1.07. The van der Waals surface area contributed by atoms with Gasteiger partial charge in [-0.1, -0.05) is 0 Å². The topological polar surface area (TPSA) is 40.9 Å². The molecule has 10 heavy (non-hydrogen) atoms. The Labute approximate surface area is 58.9 Å². The van der Waals surface area contributed by atoms with Crippen LogP contribution >= 0.6 is 0 Å².